The first-order valence-electron chi connectivity index (χ1n) is 4.47. The largest absolute Gasteiger partial charge is 0.481 e. The number of halogens is 3. The van der Waals surface area contributed by atoms with Crippen LogP contribution in [0.15, 0.2) is 6.20 Å². The van der Waals surface area contributed by atoms with Gasteiger partial charge in [0.2, 0.25) is 0 Å². The van der Waals surface area contributed by atoms with E-state index in [2.05, 4.69) is 20.9 Å². The number of hydrogen-bond donors (Lipinski definition) is 1. The molecule has 1 aromatic heterocycles. The van der Waals surface area contributed by atoms with E-state index in [0.717, 1.165) is 6.20 Å². The third-order valence-electron chi connectivity index (χ3n) is 2.08. The van der Waals surface area contributed by atoms with Crippen molar-refractivity contribution in [2.45, 2.75) is 18.2 Å². The molecule has 1 N–H and O–H groups in total. The van der Waals surface area contributed by atoms with E-state index >= 15 is 0 Å². The van der Waals surface area contributed by atoms with Gasteiger partial charge in [0.15, 0.2) is 0 Å². The quantitative estimate of drug-likeness (QED) is 0.867. The molecule has 0 bridgehead atoms. The van der Waals surface area contributed by atoms with Gasteiger partial charge in [-0.05, 0) is 5.56 Å². The smallest absolute Gasteiger partial charge is 0.307 e. The van der Waals surface area contributed by atoms with Gasteiger partial charge in [0.1, 0.15) is 6.07 Å². The fourth-order valence-electron chi connectivity index (χ4n) is 1.38. The van der Waals surface area contributed by atoms with Gasteiger partial charge in [0.05, 0.1) is 23.2 Å². The summed E-state index contributed by atoms with van der Waals surface area (Å²) in [4.78, 5) is 14.3. The Bertz CT molecular complexity index is 486. The molecule has 0 fully saturated rings. The summed E-state index contributed by atoms with van der Waals surface area (Å²) >= 11 is 2.99. The SMILES string of the molecule is N#Cc1c(CC(=O)O)cnc(CBr)c1C(F)F. The Balaban J connectivity index is 3.42. The second kappa shape index (κ2) is 5.68. The molecule has 0 aliphatic rings. The maximum Gasteiger partial charge on any atom is 0.307 e. The monoisotopic (exact) mass is 304 g/mol. The van der Waals surface area contributed by atoms with Crippen molar-refractivity contribution in [3.63, 3.8) is 0 Å². The average Bonchev–Trinajstić information content (AvgIpc) is 2.27. The summed E-state index contributed by atoms with van der Waals surface area (Å²) in [5.41, 5.74) is -0.749. The van der Waals surface area contributed by atoms with Gasteiger partial charge in [-0.1, -0.05) is 15.9 Å². The number of alkyl halides is 3. The molecule has 0 atom stereocenters. The van der Waals surface area contributed by atoms with Gasteiger partial charge in [-0.3, -0.25) is 9.78 Å². The topological polar surface area (TPSA) is 74.0 Å². The van der Waals surface area contributed by atoms with E-state index in [-0.39, 0.29) is 22.2 Å². The fraction of sp³-hybridized carbons (Fsp3) is 0.300. The summed E-state index contributed by atoms with van der Waals surface area (Å²) in [6.07, 6.45) is -2.22. The van der Waals surface area contributed by atoms with Gasteiger partial charge in [0.25, 0.3) is 6.43 Å². The van der Waals surface area contributed by atoms with Crippen LogP contribution in [0.5, 0.6) is 0 Å². The molecule has 1 rings (SSSR count). The molecule has 0 aliphatic heterocycles. The van der Waals surface area contributed by atoms with Crippen molar-refractivity contribution >= 4 is 21.9 Å². The number of carboxylic acids is 1. The van der Waals surface area contributed by atoms with Gasteiger partial charge in [0, 0.05) is 11.5 Å². The number of carbonyl (C=O) groups is 1. The maximum absolute atomic E-state index is 12.8. The summed E-state index contributed by atoms with van der Waals surface area (Å²) in [7, 11) is 0. The van der Waals surface area contributed by atoms with Crippen LogP contribution in [0.3, 0.4) is 0 Å². The zero-order valence-corrected chi connectivity index (χ0v) is 10.0. The molecule has 0 aliphatic carbocycles. The van der Waals surface area contributed by atoms with Crippen LogP contribution in [0.25, 0.3) is 0 Å². The minimum absolute atomic E-state index is 0.000000000000000222. The third-order valence-corrected chi connectivity index (χ3v) is 2.61. The number of aromatic nitrogens is 1. The molecule has 0 radical (unpaired) electrons. The van der Waals surface area contributed by atoms with Gasteiger partial charge in [-0.15, -0.1) is 0 Å². The Morgan fingerprint density at radius 3 is 2.71 bits per heavy atom. The summed E-state index contributed by atoms with van der Waals surface area (Å²) in [6, 6.07) is 1.62. The Morgan fingerprint density at radius 2 is 2.29 bits per heavy atom. The first-order valence-corrected chi connectivity index (χ1v) is 5.60. The van der Waals surface area contributed by atoms with Gasteiger partial charge in [-0.2, -0.15) is 5.26 Å². The number of hydrogen-bond acceptors (Lipinski definition) is 3. The maximum atomic E-state index is 12.8. The highest BCUT2D eigenvalue weighted by Gasteiger charge is 2.22. The predicted octanol–water partition coefficient (Wildman–Crippen LogP) is 2.41. The molecular formula is C10H7BrF2N2O2. The van der Waals surface area contributed by atoms with Crippen molar-refractivity contribution in [1.29, 1.82) is 5.26 Å². The molecule has 0 unspecified atom stereocenters. The van der Waals surface area contributed by atoms with Crippen molar-refractivity contribution in [3.05, 3.63) is 28.6 Å². The lowest BCUT2D eigenvalue weighted by Crippen LogP contribution is -2.08. The number of pyridine rings is 1. The Labute approximate surface area is 104 Å². The van der Waals surface area contributed by atoms with E-state index in [4.69, 9.17) is 10.4 Å². The van der Waals surface area contributed by atoms with E-state index in [0.29, 0.717) is 0 Å². The van der Waals surface area contributed by atoms with Crippen LogP contribution >= 0.6 is 15.9 Å². The van der Waals surface area contributed by atoms with Crippen LogP contribution in [0.4, 0.5) is 8.78 Å². The van der Waals surface area contributed by atoms with Gasteiger partial charge < -0.3 is 5.11 Å². The van der Waals surface area contributed by atoms with Gasteiger partial charge >= 0.3 is 5.97 Å². The standard InChI is InChI=1S/C10H7BrF2N2O2/c11-2-7-9(10(12)13)6(3-14)5(4-15-7)1-8(16)17/h4,10H,1-2H2,(H,16,17). The highest BCUT2D eigenvalue weighted by molar-refractivity contribution is 9.08. The number of nitriles is 1. The average molecular weight is 305 g/mol. The first kappa shape index (κ1) is 13.5. The lowest BCUT2D eigenvalue weighted by Gasteiger charge is -2.10. The fourth-order valence-corrected chi connectivity index (χ4v) is 1.82. The summed E-state index contributed by atoms with van der Waals surface area (Å²) in [5.74, 6) is -1.20. The molecule has 17 heavy (non-hydrogen) atoms. The normalized spacial score (nSPS) is 10.3. The van der Waals surface area contributed by atoms with Crippen LogP contribution in [0.1, 0.15) is 28.8 Å². The van der Waals surface area contributed by atoms with Crippen LogP contribution in [0, 0.1) is 11.3 Å². The van der Waals surface area contributed by atoms with Crippen molar-refractivity contribution in [2.75, 3.05) is 0 Å². The molecule has 0 amide bonds. The Morgan fingerprint density at radius 1 is 1.65 bits per heavy atom. The number of nitrogens with zero attached hydrogens (tertiary/aromatic N) is 2. The molecule has 90 valence electrons. The molecule has 0 saturated carbocycles. The molecule has 7 heteroatoms. The molecule has 1 aromatic rings. The van der Waals surface area contributed by atoms with E-state index in [1.807, 2.05) is 0 Å². The van der Waals surface area contributed by atoms with Crippen LogP contribution in [0.2, 0.25) is 0 Å². The van der Waals surface area contributed by atoms with E-state index in [1.165, 1.54) is 0 Å². The first-order chi connectivity index (χ1) is 8.01. The van der Waals surface area contributed by atoms with Crippen LogP contribution in [-0.2, 0) is 16.5 Å². The molecular weight excluding hydrogens is 298 g/mol. The number of rotatable bonds is 4. The highest BCUT2D eigenvalue weighted by Crippen LogP contribution is 2.28. The van der Waals surface area contributed by atoms with Crippen molar-refractivity contribution < 1.29 is 18.7 Å². The Kier molecular flexibility index (Phi) is 4.52. The Hall–Kier alpha value is -1.55. The second-order valence-corrected chi connectivity index (χ2v) is 3.70. The lowest BCUT2D eigenvalue weighted by molar-refractivity contribution is -0.136. The van der Waals surface area contributed by atoms with Crippen LogP contribution < -0.4 is 0 Å². The summed E-state index contributed by atoms with van der Waals surface area (Å²) in [6.45, 7) is 0. The minimum Gasteiger partial charge on any atom is -0.481 e. The zero-order valence-electron chi connectivity index (χ0n) is 8.45. The van der Waals surface area contributed by atoms with E-state index < -0.39 is 24.4 Å². The van der Waals surface area contributed by atoms with Crippen molar-refractivity contribution in [1.82, 2.24) is 4.98 Å². The van der Waals surface area contributed by atoms with E-state index in [9.17, 15) is 13.6 Å². The number of aliphatic carboxylic acids is 1. The number of carboxylic acid groups (broad SMARTS) is 1. The molecule has 0 spiro atoms. The van der Waals surface area contributed by atoms with Crippen molar-refractivity contribution in [2.24, 2.45) is 0 Å². The molecule has 0 saturated heterocycles. The molecule has 4 nitrogen and oxygen atoms in total. The minimum atomic E-state index is -2.86. The third kappa shape index (κ3) is 2.97. The zero-order chi connectivity index (χ0) is 13.0. The highest BCUT2D eigenvalue weighted by atomic mass is 79.9. The van der Waals surface area contributed by atoms with Gasteiger partial charge in [-0.25, -0.2) is 8.78 Å². The molecule has 1 heterocycles. The summed E-state index contributed by atoms with van der Waals surface area (Å²) in [5, 5.41) is 17.5. The van der Waals surface area contributed by atoms with E-state index in [1.54, 1.807) is 6.07 Å². The van der Waals surface area contributed by atoms with Crippen LogP contribution in [-0.4, -0.2) is 16.1 Å². The second-order valence-electron chi connectivity index (χ2n) is 3.14. The predicted molar refractivity (Wildman–Crippen MR) is 57.9 cm³/mol. The van der Waals surface area contributed by atoms with Crippen molar-refractivity contribution in [3.8, 4) is 6.07 Å². The summed E-state index contributed by atoms with van der Waals surface area (Å²) < 4.78 is 25.6. The molecule has 0 aromatic carbocycles. The lowest BCUT2D eigenvalue weighted by atomic mass is 10.0.